The first-order valence-corrected chi connectivity index (χ1v) is 10.6. The van der Waals surface area contributed by atoms with Crippen molar-refractivity contribution in [2.45, 2.75) is 58.7 Å². The molecule has 2 aromatic rings. The monoisotopic (exact) mass is 413 g/mol. The Kier molecular flexibility index (Phi) is 8.38. The number of carbonyl (C=O) groups is 1. The SMILES string of the molecule is CC(C)=Cc1c(-c2ccccc2)sc(C(C)C)c1/C=C/[C@@H](O)C[C@@H](O)CC(=O)[O-]. The van der Waals surface area contributed by atoms with Gasteiger partial charge < -0.3 is 20.1 Å². The standard InChI is InChI=1S/C24H30O4S/c1-15(2)12-21-20(11-10-18(25)13-19(26)14-22(27)28)23(16(3)4)29-24(21)17-8-6-5-7-9-17/h5-12,16,18-19,25-26H,13-14H2,1-4H3,(H,27,28)/p-1/b11-10+/t18-,19-/m1/s1. The fourth-order valence-corrected chi connectivity index (χ4v) is 4.43. The zero-order valence-electron chi connectivity index (χ0n) is 17.4. The molecule has 5 heteroatoms. The van der Waals surface area contributed by atoms with E-state index < -0.39 is 24.6 Å². The van der Waals surface area contributed by atoms with Crippen molar-refractivity contribution in [3.05, 3.63) is 58.0 Å². The van der Waals surface area contributed by atoms with Crippen LogP contribution in [0.3, 0.4) is 0 Å². The molecule has 0 bridgehead atoms. The summed E-state index contributed by atoms with van der Waals surface area (Å²) in [5.74, 6) is -1.02. The molecule has 0 unspecified atom stereocenters. The largest absolute Gasteiger partial charge is 0.550 e. The number of carboxylic acids is 1. The molecular formula is C24H29O4S-. The van der Waals surface area contributed by atoms with E-state index in [0.29, 0.717) is 5.92 Å². The summed E-state index contributed by atoms with van der Waals surface area (Å²) < 4.78 is 0. The van der Waals surface area contributed by atoms with Crippen molar-refractivity contribution in [2.24, 2.45) is 0 Å². The number of hydrogen-bond acceptors (Lipinski definition) is 5. The third-order valence-electron chi connectivity index (χ3n) is 4.41. The second-order valence-electron chi connectivity index (χ2n) is 7.76. The zero-order valence-corrected chi connectivity index (χ0v) is 18.2. The minimum atomic E-state index is -1.33. The van der Waals surface area contributed by atoms with Gasteiger partial charge >= 0.3 is 0 Å². The highest BCUT2D eigenvalue weighted by molar-refractivity contribution is 7.16. The molecule has 0 aliphatic rings. The van der Waals surface area contributed by atoms with Crippen LogP contribution in [0, 0.1) is 0 Å². The van der Waals surface area contributed by atoms with E-state index in [-0.39, 0.29) is 6.42 Å². The van der Waals surface area contributed by atoms with Gasteiger partial charge in [-0.2, -0.15) is 0 Å². The maximum atomic E-state index is 10.6. The lowest BCUT2D eigenvalue weighted by Gasteiger charge is -2.13. The topological polar surface area (TPSA) is 80.6 Å². The van der Waals surface area contributed by atoms with Crippen LogP contribution in [-0.4, -0.2) is 28.4 Å². The number of thiophene rings is 1. The van der Waals surface area contributed by atoms with Crippen molar-refractivity contribution in [1.29, 1.82) is 0 Å². The van der Waals surface area contributed by atoms with Gasteiger partial charge in [0.15, 0.2) is 0 Å². The molecule has 0 saturated carbocycles. The van der Waals surface area contributed by atoms with Gasteiger partial charge in [0.05, 0.1) is 12.2 Å². The predicted molar refractivity (Wildman–Crippen MR) is 118 cm³/mol. The van der Waals surface area contributed by atoms with Gasteiger partial charge in [0.25, 0.3) is 0 Å². The summed E-state index contributed by atoms with van der Waals surface area (Å²) in [5.41, 5.74) is 4.49. The Bertz CT molecular complexity index is 874. The lowest BCUT2D eigenvalue weighted by Crippen LogP contribution is -2.29. The number of allylic oxidation sites excluding steroid dienone is 1. The summed E-state index contributed by atoms with van der Waals surface area (Å²) >= 11 is 1.75. The number of benzene rings is 1. The molecule has 0 saturated heterocycles. The first-order valence-electron chi connectivity index (χ1n) is 9.80. The molecule has 0 spiro atoms. The minimum Gasteiger partial charge on any atom is -0.550 e. The smallest absolute Gasteiger partial charge is 0.0748 e. The van der Waals surface area contributed by atoms with Crippen LogP contribution in [0.25, 0.3) is 22.6 Å². The Morgan fingerprint density at radius 3 is 2.34 bits per heavy atom. The van der Waals surface area contributed by atoms with E-state index >= 15 is 0 Å². The maximum absolute atomic E-state index is 10.6. The number of rotatable bonds is 9. The summed E-state index contributed by atoms with van der Waals surface area (Å²) in [6.07, 6.45) is 3.07. The lowest BCUT2D eigenvalue weighted by molar-refractivity contribution is -0.307. The van der Waals surface area contributed by atoms with Crippen molar-refractivity contribution in [1.82, 2.24) is 0 Å². The normalized spacial score (nSPS) is 13.6. The van der Waals surface area contributed by atoms with E-state index in [1.165, 1.54) is 15.3 Å². The van der Waals surface area contributed by atoms with E-state index in [2.05, 4.69) is 45.9 Å². The number of aliphatic hydroxyl groups is 2. The molecule has 2 atom stereocenters. The van der Waals surface area contributed by atoms with Crippen LogP contribution in [-0.2, 0) is 4.79 Å². The second kappa shape index (κ2) is 10.5. The Morgan fingerprint density at radius 2 is 1.79 bits per heavy atom. The Labute approximate surface area is 176 Å². The number of carbonyl (C=O) groups excluding carboxylic acids is 1. The van der Waals surface area contributed by atoms with E-state index in [1.807, 2.05) is 24.3 Å². The third kappa shape index (κ3) is 6.67. The van der Waals surface area contributed by atoms with Crippen molar-refractivity contribution in [3.63, 3.8) is 0 Å². The zero-order chi connectivity index (χ0) is 21.6. The lowest BCUT2D eigenvalue weighted by atomic mass is 9.97. The maximum Gasteiger partial charge on any atom is 0.0748 e. The average molecular weight is 414 g/mol. The van der Waals surface area contributed by atoms with Gasteiger partial charge in [0, 0.05) is 34.1 Å². The molecule has 0 fully saturated rings. The molecule has 0 radical (unpaired) electrons. The molecule has 1 aromatic heterocycles. The molecule has 2 rings (SSSR count). The Balaban J connectivity index is 2.45. The molecule has 2 N–H and O–H groups in total. The number of aliphatic carboxylic acids is 1. The molecule has 1 aromatic carbocycles. The van der Waals surface area contributed by atoms with Crippen LogP contribution in [0.15, 0.2) is 42.0 Å². The fourth-order valence-electron chi connectivity index (χ4n) is 3.15. The van der Waals surface area contributed by atoms with Gasteiger partial charge in [-0.1, -0.05) is 68.0 Å². The fraction of sp³-hybridized carbons (Fsp3) is 0.375. The average Bonchev–Trinajstić information content (AvgIpc) is 2.97. The minimum absolute atomic E-state index is 0.0465. The highest BCUT2D eigenvalue weighted by atomic mass is 32.1. The first kappa shape index (κ1) is 23.1. The molecule has 156 valence electrons. The molecule has 0 amide bonds. The number of hydrogen-bond donors (Lipinski definition) is 2. The molecule has 0 aliphatic heterocycles. The van der Waals surface area contributed by atoms with Gasteiger partial charge in [-0.3, -0.25) is 0 Å². The number of aliphatic hydroxyl groups excluding tert-OH is 2. The molecule has 1 heterocycles. The van der Waals surface area contributed by atoms with E-state index in [4.69, 9.17) is 0 Å². The van der Waals surface area contributed by atoms with E-state index in [0.717, 1.165) is 16.7 Å². The summed E-state index contributed by atoms with van der Waals surface area (Å²) in [5, 5.41) is 30.6. The van der Waals surface area contributed by atoms with E-state index in [1.54, 1.807) is 17.4 Å². The van der Waals surface area contributed by atoms with Crippen LogP contribution in [0.1, 0.15) is 62.5 Å². The van der Waals surface area contributed by atoms with Crippen LogP contribution >= 0.6 is 11.3 Å². The highest BCUT2D eigenvalue weighted by Gasteiger charge is 2.19. The first-order chi connectivity index (χ1) is 13.7. The molecular weight excluding hydrogens is 384 g/mol. The van der Waals surface area contributed by atoms with Gasteiger partial charge in [0.1, 0.15) is 0 Å². The number of carboxylic acid groups (broad SMARTS) is 1. The summed E-state index contributed by atoms with van der Waals surface area (Å²) in [6, 6.07) is 10.2. The van der Waals surface area contributed by atoms with Gasteiger partial charge in [-0.25, -0.2) is 0 Å². The van der Waals surface area contributed by atoms with Crippen LogP contribution in [0.4, 0.5) is 0 Å². The molecule has 0 aliphatic carbocycles. The Morgan fingerprint density at radius 1 is 1.14 bits per heavy atom. The van der Waals surface area contributed by atoms with Gasteiger partial charge in [-0.15, -0.1) is 11.3 Å². The van der Waals surface area contributed by atoms with Gasteiger partial charge in [0.2, 0.25) is 0 Å². The van der Waals surface area contributed by atoms with Crippen LogP contribution < -0.4 is 5.11 Å². The van der Waals surface area contributed by atoms with Crippen molar-refractivity contribution >= 4 is 29.5 Å². The summed E-state index contributed by atoms with van der Waals surface area (Å²) in [7, 11) is 0. The summed E-state index contributed by atoms with van der Waals surface area (Å²) in [6.45, 7) is 8.40. The van der Waals surface area contributed by atoms with Crippen molar-refractivity contribution in [3.8, 4) is 10.4 Å². The van der Waals surface area contributed by atoms with Crippen LogP contribution in [0.2, 0.25) is 0 Å². The van der Waals surface area contributed by atoms with Gasteiger partial charge in [-0.05, 0) is 30.9 Å². The Hall–Kier alpha value is -2.21. The third-order valence-corrected chi connectivity index (χ3v) is 5.98. The highest BCUT2D eigenvalue weighted by Crippen LogP contribution is 2.42. The van der Waals surface area contributed by atoms with Crippen LogP contribution in [0.5, 0.6) is 0 Å². The summed E-state index contributed by atoms with van der Waals surface area (Å²) in [4.78, 5) is 13.0. The second-order valence-corrected chi connectivity index (χ2v) is 8.81. The molecule has 29 heavy (non-hydrogen) atoms. The molecule has 4 nitrogen and oxygen atoms in total. The quantitative estimate of drug-likeness (QED) is 0.645. The van der Waals surface area contributed by atoms with Crippen molar-refractivity contribution in [2.75, 3.05) is 0 Å². The van der Waals surface area contributed by atoms with Crippen molar-refractivity contribution < 1.29 is 20.1 Å². The van der Waals surface area contributed by atoms with E-state index in [9.17, 15) is 20.1 Å². The predicted octanol–water partition coefficient (Wildman–Crippen LogP) is 4.23.